The summed E-state index contributed by atoms with van der Waals surface area (Å²) in [7, 11) is 0. The second-order valence-corrected chi connectivity index (χ2v) is 6.30. The van der Waals surface area contributed by atoms with E-state index in [-0.39, 0.29) is 18.4 Å². The Morgan fingerprint density at radius 3 is 2.38 bits per heavy atom. The van der Waals surface area contributed by atoms with Crippen LogP contribution in [0.15, 0.2) is 59.5 Å². The number of rotatable bonds is 7. The van der Waals surface area contributed by atoms with Crippen molar-refractivity contribution in [2.75, 3.05) is 19.4 Å². The summed E-state index contributed by atoms with van der Waals surface area (Å²) in [6, 6.07) is 17.0. The van der Waals surface area contributed by atoms with E-state index in [4.69, 9.17) is 4.74 Å². The number of carbonyl (C=O) groups is 2. The molecule has 0 aliphatic carbocycles. The quantitative estimate of drug-likeness (QED) is 0.618. The fraction of sp³-hybridized carbons (Fsp3) is 0.263. The van der Waals surface area contributed by atoms with Crippen LogP contribution in [0.1, 0.15) is 28.8 Å². The molecule has 0 fully saturated rings. The largest absolute Gasteiger partial charge is 0.452 e. The van der Waals surface area contributed by atoms with Gasteiger partial charge in [0.2, 0.25) is 0 Å². The average Bonchev–Trinajstić information content (AvgIpc) is 2.64. The molecule has 0 spiro atoms. The van der Waals surface area contributed by atoms with Gasteiger partial charge in [-0.2, -0.15) is 0 Å². The molecule has 2 rings (SSSR count). The Kier molecular flexibility index (Phi) is 6.88. The molecule has 4 nitrogen and oxygen atoms in total. The van der Waals surface area contributed by atoms with E-state index in [9.17, 15) is 9.59 Å². The Labute approximate surface area is 146 Å². The van der Waals surface area contributed by atoms with Crippen molar-refractivity contribution >= 4 is 23.6 Å². The van der Waals surface area contributed by atoms with E-state index in [1.54, 1.807) is 23.9 Å². The van der Waals surface area contributed by atoms with Crippen molar-refractivity contribution in [1.29, 1.82) is 0 Å². The first-order valence-corrected chi connectivity index (χ1v) is 8.95. The van der Waals surface area contributed by atoms with Gasteiger partial charge < -0.3 is 10.1 Å². The van der Waals surface area contributed by atoms with Gasteiger partial charge in [-0.1, -0.05) is 37.3 Å². The lowest BCUT2D eigenvalue weighted by atomic mass is 10.0. The van der Waals surface area contributed by atoms with Gasteiger partial charge in [0.15, 0.2) is 6.61 Å². The van der Waals surface area contributed by atoms with Crippen LogP contribution in [0.3, 0.4) is 0 Å². The van der Waals surface area contributed by atoms with Crippen molar-refractivity contribution in [3.8, 4) is 0 Å². The molecule has 0 unspecified atom stereocenters. The van der Waals surface area contributed by atoms with Crippen molar-refractivity contribution in [1.82, 2.24) is 5.32 Å². The lowest BCUT2D eigenvalue weighted by Crippen LogP contribution is -2.31. The van der Waals surface area contributed by atoms with E-state index in [2.05, 4.69) is 5.32 Å². The van der Waals surface area contributed by atoms with Crippen molar-refractivity contribution in [3.05, 3.63) is 65.7 Å². The SMILES string of the molecule is CSc1ccc(C(=O)OCC(=O)NC[C@@H](C)c2ccccc2)cc1. The maximum atomic E-state index is 11.9. The van der Waals surface area contributed by atoms with E-state index in [0.29, 0.717) is 12.1 Å². The molecule has 2 aromatic rings. The van der Waals surface area contributed by atoms with Gasteiger partial charge in [0.05, 0.1) is 5.56 Å². The molecule has 0 aliphatic rings. The van der Waals surface area contributed by atoms with Crippen LogP contribution >= 0.6 is 11.8 Å². The summed E-state index contributed by atoms with van der Waals surface area (Å²) in [4.78, 5) is 24.8. The van der Waals surface area contributed by atoms with Crippen molar-refractivity contribution < 1.29 is 14.3 Å². The molecule has 0 aliphatic heterocycles. The van der Waals surface area contributed by atoms with E-state index in [1.807, 2.05) is 55.6 Å². The Balaban J connectivity index is 1.75. The van der Waals surface area contributed by atoms with Crippen molar-refractivity contribution in [2.24, 2.45) is 0 Å². The number of nitrogens with one attached hydrogen (secondary N) is 1. The molecule has 5 heteroatoms. The highest BCUT2D eigenvalue weighted by molar-refractivity contribution is 7.98. The van der Waals surface area contributed by atoms with Crippen molar-refractivity contribution in [3.63, 3.8) is 0 Å². The van der Waals surface area contributed by atoms with Crippen LogP contribution in [-0.4, -0.2) is 31.3 Å². The minimum atomic E-state index is -0.492. The summed E-state index contributed by atoms with van der Waals surface area (Å²) in [5, 5.41) is 2.79. The highest BCUT2D eigenvalue weighted by atomic mass is 32.2. The van der Waals surface area contributed by atoms with Gasteiger partial charge in [0.25, 0.3) is 5.91 Å². The average molecular weight is 343 g/mol. The highest BCUT2D eigenvalue weighted by Gasteiger charge is 2.11. The molecule has 1 atom stereocenters. The van der Waals surface area contributed by atoms with Gasteiger partial charge in [-0.3, -0.25) is 4.79 Å². The summed E-state index contributed by atoms with van der Waals surface area (Å²) in [5.41, 5.74) is 1.60. The molecular formula is C19H21NO3S. The maximum Gasteiger partial charge on any atom is 0.338 e. The number of hydrogen-bond acceptors (Lipinski definition) is 4. The van der Waals surface area contributed by atoms with Gasteiger partial charge >= 0.3 is 5.97 Å². The first kappa shape index (κ1) is 18.1. The summed E-state index contributed by atoms with van der Waals surface area (Å²) in [5.74, 6) is -0.592. The number of thioether (sulfide) groups is 1. The number of carbonyl (C=O) groups excluding carboxylic acids is 2. The predicted molar refractivity (Wildman–Crippen MR) is 96.4 cm³/mol. The van der Waals surface area contributed by atoms with Crippen LogP contribution in [0.2, 0.25) is 0 Å². The number of esters is 1. The fourth-order valence-electron chi connectivity index (χ4n) is 2.16. The van der Waals surface area contributed by atoms with Gasteiger partial charge in [-0.25, -0.2) is 4.79 Å². The Bertz CT molecular complexity index is 671. The third-order valence-corrected chi connectivity index (χ3v) is 4.38. The normalized spacial score (nSPS) is 11.6. The van der Waals surface area contributed by atoms with Crippen LogP contribution in [0.5, 0.6) is 0 Å². The molecule has 2 aromatic carbocycles. The molecule has 0 aromatic heterocycles. The van der Waals surface area contributed by atoms with Crippen molar-refractivity contribution in [2.45, 2.75) is 17.7 Å². The lowest BCUT2D eigenvalue weighted by Gasteiger charge is -2.13. The van der Waals surface area contributed by atoms with Gasteiger partial charge in [-0.05, 0) is 42.0 Å². The van der Waals surface area contributed by atoms with E-state index < -0.39 is 5.97 Å². The topological polar surface area (TPSA) is 55.4 Å². The molecule has 24 heavy (non-hydrogen) atoms. The lowest BCUT2D eigenvalue weighted by molar-refractivity contribution is -0.124. The molecule has 0 saturated heterocycles. The summed E-state index contributed by atoms with van der Waals surface area (Å²) < 4.78 is 5.04. The zero-order chi connectivity index (χ0) is 17.4. The number of benzene rings is 2. The minimum Gasteiger partial charge on any atom is -0.452 e. The van der Waals surface area contributed by atoms with Crippen LogP contribution in [0, 0.1) is 0 Å². The monoisotopic (exact) mass is 343 g/mol. The molecule has 0 radical (unpaired) electrons. The third kappa shape index (κ3) is 5.42. The van der Waals surface area contributed by atoms with E-state index >= 15 is 0 Å². The molecule has 1 N–H and O–H groups in total. The smallest absolute Gasteiger partial charge is 0.338 e. The first-order valence-electron chi connectivity index (χ1n) is 7.73. The van der Waals surface area contributed by atoms with E-state index in [1.165, 1.54) is 0 Å². The number of amides is 1. The van der Waals surface area contributed by atoms with Crippen LogP contribution < -0.4 is 5.32 Å². The molecule has 1 amide bonds. The Hall–Kier alpha value is -2.27. The second-order valence-electron chi connectivity index (χ2n) is 5.42. The Morgan fingerprint density at radius 2 is 1.75 bits per heavy atom. The second kappa shape index (κ2) is 9.13. The standard InChI is InChI=1S/C19H21NO3S/c1-14(15-6-4-3-5-7-15)12-20-18(21)13-23-19(22)16-8-10-17(24-2)11-9-16/h3-11,14H,12-13H2,1-2H3,(H,20,21)/t14-/m1/s1. The molecule has 126 valence electrons. The first-order chi connectivity index (χ1) is 11.6. The zero-order valence-electron chi connectivity index (χ0n) is 13.8. The molecular weight excluding hydrogens is 322 g/mol. The summed E-state index contributed by atoms with van der Waals surface area (Å²) >= 11 is 1.60. The van der Waals surface area contributed by atoms with Crippen LogP contribution in [0.25, 0.3) is 0 Å². The Morgan fingerprint density at radius 1 is 1.08 bits per heavy atom. The summed E-state index contributed by atoms with van der Waals surface area (Å²) in [6.45, 7) is 2.27. The predicted octanol–water partition coefficient (Wildman–Crippen LogP) is 3.49. The summed E-state index contributed by atoms with van der Waals surface area (Å²) in [6.07, 6.45) is 1.97. The van der Waals surface area contributed by atoms with Crippen LogP contribution in [-0.2, 0) is 9.53 Å². The van der Waals surface area contributed by atoms with Gasteiger partial charge in [0, 0.05) is 11.4 Å². The minimum absolute atomic E-state index is 0.199. The number of ether oxygens (including phenoxy) is 1. The highest BCUT2D eigenvalue weighted by Crippen LogP contribution is 2.15. The fourth-order valence-corrected chi connectivity index (χ4v) is 2.57. The van der Waals surface area contributed by atoms with E-state index in [0.717, 1.165) is 10.5 Å². The van der Waals surface area contributed by atoms with Gasteiger partial charge in [0.1, 0.15) is 0 Å². The zero-order valence-corrected chi connectivity index (χ0v) is 14.6. The molecule has 0 bridgehead atoms. The van der Waals surface area contributed by atoms with Gasteiger partial charge in [-0.15, -0.1) is 11.8 Å². The third-order valence-electron chi connectivity index (χ3n) is 3.63. The number of hydrogen-bond donors (Lipinski definition) is 1. The van der Waals surface area contributed by atoms with Crippen LogP contribution in [0.4, 0.5) is 0 Å². The maximum absolute atomic E-state index is 11.9. The molecule has 0 saturated carbocycles. The molecule has 0 heterocycles.